The Morgan fingerprint density at radius 3 is 3.00 bits per heavy atom. The van der Waals surface area contributed by atoms with Crippen molar-refractivity contribution in [3.63, 3.8) is 0 Å². The summed E-state index contributed by atoms with van der Waals surface area (Å²) in [6.07, 6.45) is 1.03. The van der Waals surface area contributed by atoms with E-state index in [2.05, 4.69) is 36.7 Å². The van der Waals surface area contributed by atoms with Gasteiger partial charge in [0.1, 0.15) is 17.4 Å². The molecule has 0 N–H and O–H groups in total. The van der Waals surface area contributed by atoms with E-state index in [1.54, 1.807) is 11.3 Å². The van der Waals surface area contributed by atoms with E-state index in [-0.39, 0.29) is 0 Å². The van der Waals surface area contributed by atoms with Gasteiger partial charge in [0.25, 0.3) is 0 Å². The van der Waals surface area contributed by atoms with E-state index in [0.717, 1.165) is 22.9 Å². The molecule has 1 aromatic heterocycles. The van der Waals surface area contributed by atoms with Crippen LogP contribution in [0.1, 0.15) is 23.2 Å². The Labute approximate surface area is 111 Å². The van der Waals surface area contributed by atoms with Crippen LogP contribution in [0.5, 0.6) is 5.75 Å². The quantitative estimate of drug-likeness (QED) is 0.832. The lowest BCUT2D eigenvalue weighted by molar-refractivity contribution is 0.305. The number of benzene rings is 1. The summed E-state index contributed by atoms with van der Waals surface area (Å²) in [5.74, 6) is 1.59. The Hall–Kier alpha value is -1.00. The molecule has 0 amide bonds. The molecule has 0 aliphatic heterocycles. The molecule has 0 bridgehead atoms. The maximum absolute atomic E-state index is 5.72. The highest BCUT2D eigenvalue weighted by atomic mass is 32.1. The molecule has 0 atom stereocenters. The molecule has 0 spiro atoms. The molecule has 0 saturated carbocycles. The van der Waals surface area contributed by atoms with Crippen LogP contribution >= 0.6 is 24.0 Å². The summed E-state index contributed by atoms with van der Waals surface area (Å²) in [5.41, 5.74) is 2.30. The molecule has 0 fully saturated rings. The number of aromatic nitrogens is 1. The summed E-state index contributed by atoms with van der Waals surface area (Å²) in [7, 11) is 0. The van der Waals surface area contributed by atoms with E-state index in [9.17, 15) is 0 Å². The molecule has 0 unspecified atom stereocenters. The highest BCUT2D eigenvalue weighted by molar-refractivity contribution is 7.79. The monoisotopic (exact) mass is 265 g/mol. The van der Waals surface area contributed by atoms with Crippen LogP contribution in [-0.2, 0) is 18.8 Å². The first-order valence-corrected chi connectivity index (χ1v) is 7.09. The van der Waals surface area contributed by atoms with Crippen molar-refractivity contribution in [2.24, 2.45) is 0 Å². The first-order chi connectivity index (χ1) is 8.31. The molecule has 2 nitrogen and oxygen atoms in total. The Morgan fingerprint density at radius 1 is 1.41 bits per heavy atom. The second-order valence-corrected chi connectivity index (χ2v) is 4.94. The molecule has 1 heterocycles. The topological polar surface area (TPSA) is 22.1 Å². The van der Waals surface area contributed by atoms with Crippen molar-refractivity contribution < 1.29 is 4.74 Å². The van der Waals surface area contributed by atoms with E-state index in [1.807, 2.05) is 17.5 Å². The van der Waals surface area contributed by atoms with Crippen LogP contribution in [0.3, 0.4) is 0 Å². The van der Waals surface area contributed by atoms with Gasteiger partial charge in [0.05, 0.1) is 5.69 Å². The zero-order valence-corrected chi connectivity index (χ0v) is 11.4. The molecule has 90 valence electrons. The van der Waals surface area contributed by atoms with Crippen molar-refractivity contribution in [3.8, 4) is 5.75 Å². The maximum Gasteiger partial charge on any atom is 0.140 e. The normalized spacial score (nSPS) is 10.5. The van der Waals surface area contributed by atoms with Gasteiger partial charge in [-0.2, -0.15) is 12.6 Å². The third kappa shape index (κ3) is 3.48. The number of ether oxygens (including phenoxy) is 1. The first-order valence-electron chi connectivity index (χ1n) is 5.57. The van der Waals surface area contributed by atoms with Crippen molar-refractivity contribution in [2.75, 3.05) is 0 Å². The first kappa shape index (κ1) is 12.5. The van der Waals surface area contributed by atoms with Crippen LogP contribution in [0.2, 0.25) is 0 Å². The van der Waals surface area contributed by atoms with E-state index >= 15 is 0 Å². The van der Waals surface area contributed by atoms with Gasteiger partial charge in [0, 0.05) is 11.1 Å². The Balaban J connectivity index is 1.96. The number of hydrogen-bond acceptors (Lipinski definition) is 4. The second-order valence-electron chi connectivity index (χ2n) is 3.68. The molecule has 4 heteroatoms. The predicted octanol–water partition coefficient (Wildman–Crippen LogP) is 3.71. The van der Waals surface area contributed by atoms with Crippen molar-refractivity contribution >= 4 is 24.0 Å². The molecule has 17 heavy (non-hydrogen) atoms. The average molecular weight is 265 g/mol. The average Bonchev–Trinajstić information content (AvgIpc) is 2.84. The van der Waals surface area contributed by atoms with Gasteiger partial charge < -0.3 is 4.74 Å². The van der Waals surface area contributed by atoms with Gasteiger partial charge >= 0.3 is 0 Å². The van der Waals surface area contributed by atoms with Crippen molar-refractivity contribution in [2.45, 2.75) is 25.7 Å². The fraction of sp³-hybridized carbons (Fsp3) is 0.308. The highest BCUT2D eigenvalue weighted by Gasteiger charge is 2.02. The van der Waals surface area contributed by atoms with Crippen molar-refractivity contribution in [3.05, 3.63) is 45.9 Å². The highest BCUT2D eigenvalue weighted by Crippen LogP contribution is 2.17. The number of aryl methyl sites for hydroxylation is 1. The molecule has 0 saturated heterocycles. The number of hydrogen-bond donors (Lipinski definition) is 1. The van der Waals surface area contributed by atoms with Gasteiger partial charge in [-0.25, -0.2) is 4.98 Å². The minimum atomic E-state index is 0.533. The van der Waals surface area contributed by atoms with Crippen LogP contribution in [0.4, 0.5) is 0 Å². The van der Waals surface area contributed by atoms with Crippen molar-refractivity contribution in [1.29, 1.82) is 0 Å². The third-order valence-corrected chi connectivity index (χ3v) is 3.63. The zero-order chi connectivity index (χ0) is 12.1. The van der Waals surface area contributed by atoms with Gasteiger partial charge in [-0.05, 0) is 24.1 Å². The molecule has 0 aliphatic carbocycles. The van der Waals surface area contributed by atoms with Crippen LogP contribution in [0.15, 0.2) is 29.6 Å². The summed E-state index contributed by atoms with van der Waals surface area (Å²) in [6.45, 7) is 2.67. The van der Waals surface area contributed by atoms with E-state index in [4.69, 9.17) is 4.74 Å². The van der Waals surface area contributed by atoms with E-state index in [1.165, 1.54) is 5.56 Å². The predicted molar refractivity (Wildman–Crippen MR) is 75.0 cm³/mol. The van der Waals surface area contributed by atoms with Gasteiger partial charge in [-0.1, -0.05) is 19.1 Å². The molecular weight excluding hydrogens is 250 g/mol. The molecule has 2 aromatic rings. The minimum Gasteiger partial charge on any atom is -0.486 e. The largest absolute Gasteiger partial charge is 0.486 e. The molecule has 0 radical (unpaired) electrons. The van der Waals surface area contributed by atoms with Crippen LogP contribution in [0, 0.1) is 0 Å². The van der Waals surface area contributed by atoms with Crippen LogP contribution in [0.25, 0.3) is 0 Å². The summed E-state index contributed by atoms with van der Waals surface area (Å²) in [4.78, 5) is 4.40. The van der Waals surface area contributed by atoms with E-state index in [0.29, 0.717) is 12.4 Å². The molecule has 2 rings (SSSR count). The maximum atomic E-state index is 5.72. The number of nitrogens with zero attached hydrogens (tertiary/aromatic N) is 1. The molecule has 1 aromatic carbocycles. The summed E-state index contributed by atoms with van der Waals surface area (Å²) >= 11 is 5.81. The zero-order valence-electron chi connectivity index (χ0n) is 9.72. The number of thiazole rings is 1. The van der Waals surface area contributed by atoms with Gasteiger partial charge in [0.2, 0.25) is 0 Å². The third-order valence-electron chi connectivity index (χ3n) is 2.43. The molecule has 0 aliphatic rings. The van der Waals surface area contributed by atoms with Crippen LogP contribution in [-0.4, -0.2) is 4.98 Å². The lowest BCUT2D eigenvalue weighted by Gasteiger charge is -2.05. The minimum absolute atomic E-state index is 0.533. The molecular formula is C13H15NOS2. The van der Waals surface area contributed by atoms with E-state index < -0.39 is 0 Å². The second kappa shape index (κ2) is 6.07. The number of rotatable bonds is 5. The number of thiol groups is 1. The Kier molecular flexibility index (Phi) is 4.45. The van der Waals surface area contributed by atoms with Crippen molar-refractivity contribution in [1.82, 2.24) is 4.98 Å². The summed E-state index contributed by atoms with van der Waals surface area (Å²) in [6, 6.07) is 8.18. The SMILES string of the molecule is CCc1cccc(OCc2nc(CS)cs2)c1. The van der Waals surface area contributed by atoms with Gasteiger partial charge in [0.15, 0.2) is 0 Å². The summed E-state index contributed by atoms with van der Waals surface area (Å²) < 4.78 is 5.72. The van der Waals surface area contributed by atoms with Gasteiger partial charge in [-0.3, -0.25) is 0 Å². The standard InChI is InChI=1S/C13H15NOS2/c1-2-10-4-3-5-12(6-10)15-7-13-14-11(8-16)9-17-13/h3-6,9,16H,2,7-8H2,1H3. The lowest BCUT2D eigenvalue weighted by Crippen LogP contribution is -1.95. The van der Waals surface area contributed by atoms with Crippen LogP contribution < -0.4 is 4.74 Å². The fourth-order valence-corrected chi connectivity index (χ4v) is 2.48. The Morgan fingerprint density at radius 2 is 2.29 bits per heavy atom. The smallest absolute Gasteiger partial charge is 0.140 e. The van der Waals surface area contributed by atoms with Gasteiger partial charge in [-0.15, -0.1) is 11.3 Å². The summed E-state index contributed by atoms with van der Waals surface area (Å²) in [5, 5.41) is 3.02. The fourth-order valence-electron chi connectivity index (χ4n) is 1.49. The lowest BCUT2D eigenvalue weighted by atomic mass is 10.2. The Bertz CT molecular complexity index is 482.